The Bertz CT molecular complexity index is 542. The molecule has 0 radical (unpaired) electrons. The Morgan fingerprint density at radius 1 is 0.955 bits per heavy atom. The summed E-state index contributed by atoms with van der Waals surface area (Å²) < 4.78 is 0. The second-order valence-electron chi connectivity index (χ2n) is 5.96. The van der Waals surface area contributed by atoms with E-state index >= 15 is 0 Å². The van der Waals surface area contributed by atoms with Crippen molar-refractivity contribution in [2.24, 2.45) is 0 Å². The van der Waals surface area contributed by atoms with Gasteiger partial charge >= 0.3 is 0 Å². The molecular weight excluding hydrogens is 266 g/mol. The van der Waals surface area contributed by atoms with Gasteiger partial charge in [0.2, 0.25) is 0 Å². The molecule has 0 saturated carbocycles. The third kappa shape index (κ3) is 5.87. The predicted molar refractivity (Wildman–Crippen MR) is 96.3 cm³/mol. The largest absolute Gasteiger partial charge is 0.314 e. The molecule has 0 fully saturated rings. The fraction of sp³-hybridized carbons (Fsp3) is 0.333. The van der Waals surface area contributed by atoms with Crippen molar-refractivity contribution < 1.29 is 0 Å². The van der Waals surface area contributed by atoms with E-state index in [4.69, 9.17) is 0 Å². The van der Waals surface area contributed by atoms with E-state index in [1.165, 1.54) is 23.1 Å². The Kier molecular flexibility index (Phi) is 6.92. The van der Waals surface area contributed by atoms with E-state index in [9.17, 15) is 0 Å². The maximum atomic E-state index is 3.78. The topological polar surface area (TPSA) is 12.0 Å². The zero-order chi connectivity index (χ0) is 15.6. The van der Waals surface area contributed by atoms with Gasteiger partial charge in [-0.1, -0.05) is 60.7 Å². The van der Waals surface area contributed by atoms with Gasteiger partial charge in [0, 0.05) is 6.04 Å². The van der Waals surface area contributed by atoms with Gasteiger partial charge in [0.25, 0.3) is 0 Å². The van der Waals surface area contributed by atoms with Gasteiger partial charge in [0.1, 0.15) is 0 Å². The number of nitrogens with one attached hydrogen (secondary N) is 1. The minimum absolute atomic E-state index is 0.515. The van der Waals surface area contributed by atoms with E-state index in [2.05, 4.69) is 73.4 Å². The average Bonchev–Trinajstić information content (AvgIpc) is 2.55. The van der Waals surface area contributed by atoms with Crippen molar-refractivity contribution in [2.75, 3.05) is 6.54 Å². The lowest BCUT2D eigenvalue weighted by Crippen LogP contribution is -2.29. The van der Waals surface area contributed by atoms with E-state index in [1.54, 1.807) is 0 Å². The maximum absolute atomic E-state index is 3.78. The molecule has 1 nitrogen and oxygen atoms in total. The van der Waals surface area contributed by atoms with Crippen molar-refractivity contribution in [1.29, 1.82) is 0 Å². The number of benzene rings is 2. The van der Waals surface area contributed by atoms with E-state index in [0.717, 1.165) is 25.8 Å². The lowest BCUT2D eigenvalue weighted by atomic mass is 10.0. The van der Waals surface area contributed by atoms with Gasteiger partial charge in [-0.05, 0) is 55.8 Å². The summed E-state index contributed by atoms with van der Waals surface area (Å²) in [6, 6.07) is 20.1. The van der Waals surface area contributed by atoms with Gasteiger partial charge in [0.05, 0.1) is 0 Å². The van der Waals surface area contributed by atoms with Crippen molar-refractivity contribution in [1.82, 2.24) is 5.32 Å². The molecule has 0 aliphatic rings. The fourth-order valence-electron chi connectivity index (χ4n) is 2.69. The van der Waals surface area contributed by atoms with Gasteiger partial charge < -0.3 is 5.32 Å². The minimum atomic E-state index is 0.515. The molecule has 1 N–H and O–H groups in total. The average molecular weight is 293 g/mol. The fourth-order valence-corrected chi connectivity index (χ4v) is 2.69. The van der Waals surface area contributed by atoms with Crippen LogP contribution in [0, 0.1) is 0 Å². The summed E-state index contributed by atoms with van der Waals surface area (Å²) in [5.74, 6) is 0. The highest BCUT2D eigenvalue weighted by Crippen LogP contribution is 2.08. The molecule has 22 heavy (non-hydrogen) atoms. The Morgan fingerprint density at radius 2 is 1.64 bits per heavy atom. The van der Waals surface area contributed by atoms with Crippen LogP contribution in [0.3, 0.4) is 0 Å². The SMILES string of the molecule is C=CCc1ccc(CC(C)NCCCc2ccccc2)cc1. The second-order valence-corrected chi connectivity index (χ2v) is 5.96. The smallest absolute Gasteiger partial charge is 0.00791 e. The zero-order valence-corrected chi connectivity index (χ0v) is 13.6. The van der Waals surface area contributed by atoms with Gasteiger partial charge in [-0.15, -0.1) is 6.58 Å². The number of rotatable bonds is 9. The summed E-state index contributed by atoms with van der Waals surface area (Å²) in [4.78, 5) is 0. The maximum Gasteiger partial charge on any atom is 0.00791 e. The molecule has 0 aromatic heterocycles. The van der Waals surface area contributed by atoms with Crippen LogP contribution in [-0.4, -0.2) is 12.6 Å². The van der Waals surface area contributed by atoms with Crippen LogP contribution in [0.1, 0.15) is 30.0 Å². The monoisotopic (exact) mass is 293 g/mol. The van der Waals surface area contributed by atoms with Gasteiger partial charge in [-0.2, -0.15) is 0 Å². The number of aryl methyl sites for hydroxylation is 1. The molecule has 0 saturated heterocycles. The molecule has 0 heterocycles. The van der Waals surface area contributed by atoms with Crippen LogP contribution in [0.2, 0.25) is 0 Å². The normalized spacial score (nSPS) is 12.0. The zero-order valence-electron chi connectivity index (χ0n) is 13.6. The molecule has 0 aliphatic heterocycles. The van der Waals surface area contributed by atoms with E-state index in [-0.39, 0.29) is 0 Å². The second kappa shape index (κ2) is 9.22. The van der Waals surface area contributed by atoms with Crippen LogP contribution < -0.4 is 5.32 Å². The molecular formula is C21H27N. The van der Waals surface area contributed by atoms with Crippen LogP contribution in [0.25, 0.3) is 0 Å². The third-order valence-electron chi connectivity index (χ3n) is 3.92. The Labute approximate surface area is 135 Å². The molecule has 1 heteroatoms. The number of allylic oxidation sites excluding steroid dienone is 1. The molecule has 1 atom stereocenters. The minimum Gasteiger partial charge on any atom is -0.314 e. The quantitative estimate of drug-likeness (QED) is 0.527. The lowest BCUT2D eigenvalue weighted by Gasteiger charge is -2.14. The van der Waals surface area contributed by atoms with E-state index < -0.39 is 0 Å². The summed E-state index contributed by atoms with van der Waals surface area (Å²) in [5.41, 5.74) is 4.16. The van der Waals surface area contributed by atoms with Crippen molar-refractivity contribution >= 4 is 0 Å². The van der Waals surface area contributed by atoms with E-state index in [1.807, 2.05) is 6.08 Å². The van der Waals surface area contributed by atoms with Crippen LogP contribution in [0.4, 0.5) is 0 Å². The van der Waals surface area contributed by atoms with Crippen molar-refractivity contribution in [2.45, 2.75) is 38.6 Å². The van der Waals surface area contributed by atoms with Gasteiger partial charge in [-0.3, -0.25) is 0 Å². The van der Waals surface area contributed by atoms with Crippen molar-refractivity contribution in [3.05, 3.63) is 83.9 Å². The molecule has 1 unspecified atom stereocenters. The lowest BCUT2D eigenvalue weighted by molar-refractivity contribution is 0.534. The number of hydrogen-bond donors (Lipinski definition) is 1. The highest BCUT2D eigenvalue weighted by molar-refractivity contribution is 5.24. The summed E-state index contributed by atoms with van der Waals surface area (Å²) in [6.07, 6.45) is 6.32. The first kappa shape index (κ1) is 16.5. The first-order chi connectivity index (χ1) is 10.8. The summed E-state index contributed by atoms with van der Waals surface area (Å²) >= 11 is 0. The van der Waals surface area contributed by atoms with Gasteiger partial charge in [-0.25, -0.2) is 0 Å². The third-order valence-corrected chi connectivity index (χ3v) is 3.92. The Morgan fingerprint density at radius 3 is 2.32 bits per heavy atom. The highest BCUT2D eigenvalue weighted by Gasteiger charge is 2.03. The Hall–Kier alpha value is -1.86. The Balaban J connectivity index is 1.67. The molecule has 0 amide bonds. The van der Waals surface area contributed by atoms with Crippen LogP contribution in [-0.2, 0) is 19.3 Å². The summed E-state index contributed by atoms with van der Waals surface area (Å²) in [6.45, 7) is 7.12. The molecule has 2 aromatic rings. The standard InChI is InChI=1S/C21H27N/c1-3-8-19-12-14-21(15-13-19)17-18(2)22-16-7-11-20-9-5-4-6-10-20/h3-6,9-10,12-15,18,22H,1,7-8,11,16-17H2,2H3. The van der Waals surface area contributed by atoms with Crippen LogP contribution in [0.5, 0.6) is 0 Å². The molecule has 2 rings (SSSR count). The number of hydrogen-bond acceptors (Lipinski definition) is 1. The highest BCUT2D eigenvalue weighted by atomic mass is 14.9. The first-order valence-corrected chi connectivity index (χ1v) is 8.24. The predicted octanol–water partition coefficient (Wildman–Crippen LogP) is 4.57. The molecule has 116 valence electrons. The summed E-state index contributed by atoms with van der Waals surface area (Å²) in [5, 5.41) is 3.62. The van der Waals surface area contributed by atoms with E-state index in [0.29, 0.717) is 6.04 Å². The molecule has 0 bridgehead atoms. The van der Waals surface area contributed by atoms with Crippen molar-refractivity contribution in [3.63, 3.8) is 0 Å². The van der Waals surface area contributed by atoms with Crippen molar-refractivity contribution in [3.8, 4) is 0 Å². The molecule has 2 aromatic carbocycles. The first-order valence-electron chi connectivity index (χ1n) is 8.24. The van der Waals surface area contributed by atoms with Crippen LogP contribution in [0.15, 0.2) is 67.3 Å². The molecule has 0 aliphatic carbocycles. The molecule has 0 spiro atoms. The van der Waals surface area contributed by atoms with Crippen LogP contribution >= 0.6 is 0 Å². The van der Waals surface area contributed by atoms with Gasteiger partial charge in [0.15, 0.2) is 0 Å². The summed E-state index contributed by atoms with van der Waals surface area (Å²) in [7, 11) is 0.